The molecule has 0 radical (unpaired) electrons. The monoisotopic (exact) mass is 271 g/mol. The van der Waals surface area contributed by atoms with Gasteiger partial charge in [0.15, 0.2) is 0 Å². The Balaban J connectivity index is 3.34. The molecule has 18 heavy (non-hydrogen) atoms. The Kier molecular flexibility index (Phi) is 4.59. The second kappa shape index (κ2) is 5.58. The predicted octanol–water partition coefficient (Wildman–Crippen LogP) is 1.54. The third kappa shape index (κ3) is 2.94. The van der Waals surface area contributed by atoms with E-state index in [4.69, 9.17) is 10.9 Å². The quantitative estimate of drug-likeness (QED) is 0.795. The summed E-state index contributed by atoms with van der Waals surface area (Å²) >= 11 is 0. The van der Waals surface area contributed by atoms with E-state index in [0.717, 1.165) is 18.7 Å². The number of rotatable bonds is 5. The van der Waals surface area contributed by atoms with E-state index < -0.39 is 10.0 Å². The summed E-state index contributed by atoms with van der Waals surface area (Å²) in [7, 11) is -3.78. The zero-order chi connectivity index (χ0) is 13.9. The molecule has 1 rings (SSSR count). The largest absolute Gasteiger partial charge is 0.396 e. The molecule has 0 spiro atoms. The molecule has 0 aliphatic carbocycles. The Morgan fingerprint density at radius 2 is 1.94 bits per heavy atom. The van der Waals surface area contributed by atoms with Crippen molar-refractivity contribution in [2.75, 3.05) is 17.2 Å². The van der Waals surface area contributed by atoms with E-state index in [1.807, 2.05) is 13.0 Å². The lowest BCUT2D eigenvalue weighted by molar-refractivity contribution is 0.597. The van der Waals surface area contributed by atoms with Crippen LogP contribution >= 0.6 is 0 Å². The van der Waals surface area contributed by atoms with Crippen LogP contribution in [-0.4, -0.2) is 21.0 Å². The molecule has 6 heteroatoms. The molecule has 0 bridgehead atoms. The predicted molar refractivity (Wildman–Crippen MR) is 75.0 cm³/mol. The van der Waals surface area contributed by atoms with Crippen molar-refractivity contribution >= 4 is 21.4 Å². The average molecular weight is 271 g/mol. The van der Waals surface area contributed by atoms with Gasteiger partial charge in [0.25, 0.3) is 0 Å². The van der Waals surface area contributed by atoms with Gasteiger partial charge in [0, 0.05) is 12.6 Å². The number of primary sulfonamides is 1. The van der Waals surface area contributed by atoms with Gasteiger partial charge >= 0.3 is 0 Å². The van der Waals surface area contributed by atoms with Gasteiger partial charge in [0.1, 0.15) is 4.90 Å². The minimum atomic E-state index is -3.78. The van der Waals surface area contributed by atoms with Crippen molar-refractivity contribution in [3.05, 3.63) is 18.2 Å². The topological polar surface area (TPSA) is 89.4 Å². The summed E-state index contributed by atoms with van der Waals surface area (Å²) in [4.78, 5) is 2.06. The Labute approximate surface area is 109 Å². The van der Waals surface area contributed by atoms with Crippen molar-refractivity contribution in [2.24, 2.45) is 5.14 Å². The van der Waals surface area contributed by atoms with Crippen LogP contribution in [0.3, 0.4) is 0 Å². The first-order valence-electron chi connectivity index (χ1n) is 6.00. The highest BCUT2D eigenvalue weighted by Gasteiger charge is 2.19. The maximum atomic E-state index is 11.4. The molecule has 0 saturated heterocycles. The number of para-hydroxylation sites is 1. The molecule has 102 valence electrons. The maximum absolute atomic E-state index is 11.4. The van der Waals surface area contributed by atoms with Gasteiger partial charge in [0.05, 0.1) is 11.4 Å². The van der Waals surface area contributed by atoms with E-state index in [0.29, 0.717) is 0 Å². The summed E-state index contributed by atoms with van der Waals surface area (Å²) < 4.78 is 22.9. The van der Waals surface area contributed by atoms with Gasteiger partial charge in [-0.1, -0.05) is 13.0 Å². The number of nitrogens with zero attached hydrogens (tertiary/aromatic N) is 1. The number of nitrogens with two attached hydrogens (primary N) is 2. The second-order valence-corrected chi connectivity index (χ2v) is 5.81. The van der Waals surface area contributed by atoms with Crippen LogP contribution in [0.15, 0.2) is 23.1 Å². The Morgan fingerprint density at radius 3 is 2.39 bits per heavy atom. The fraction of sp³-hybridized carbons (Fsp3) is 0.500. The van der Waals surface area contributed by atoms with Crippen LogP contribution in [0.5, 0.6) is 0 Å². The Bertz CT molecular complexity index is 514. The molecule has 1 aromatic carbocycles. The van der Waals surface area contributed by atoms with Gasteiger partial charge in [-0.25, -0.2) is 13.6 Å². The lowest BCUT2D eigenvalue weighted by Gasteiger charge is -2.31. The molecule has 1 unspecified atom stereocenters. The lowest BCUT2D eigenvalue weighted by Crippen LogP contribution is -2.33. The lowest BCUT2D eigenvalue weighted by atomic mass is 10.1. The highest BCUT2D eigenvalue weighted by atomic mass is 32.2. The maximum Gasteiger partial charge on any atom is 0.240 e. The van der Waals surface area contributed by atoms with Crippen molar-refractivity contribution in [3.63, 3.8) is 0 Å². The van der Waals surface area contributed by atoms with Gasteiger partial charge in [-0.2, -0.15) is 0 Å². The second-order valence-electron chi connectivity index (χ2n) is 4.28. The van der Waals surface area contributed by atoms with Gasteiger partial charge in [-0.15, -0.1) is 0 Å². The molecular formula is C12H21N3O2S. The number of anilines is 2. The zero-order valence-corrected chi connectivity index (χ0v) is 11.9. The molecule has 0 saturated carbocycles. The van der Waals surface area contributed by atoms with E-state index in [2.05, 4.69) is 18.7 Å². The van der Waals surface area contributed by atoms with Crippen LogP contribution in [0.4, 0.5) is 11.4 Å². The zero-order valence-electron chi connectivity index (χ0n) is 11.1. The molecule has 0 aliphatic heterocycles. The summed E-state index contributed by atoms with van der Waals surface area (Å²) in [5.41, 5.74) is 6.88. The van der Waals surface area contributed by atoms with Crippen LogP contribution < -0.4 is 15.8 Å². The van der Waals surface area contributed by atoms with Gasteiger partial charge in [0.2, 0.25) is 10.0 Å². The smallest absolute Gasteiger partial charge is 0.240 e. The fourth-order valence-corrected chi connectivity index (χ4v) is 2.65. The summed E-state index contributed by atoms with van der Waals surface area (Å²) in [5.74, 6) is 0. The van der Waals surface area contributed by atoms with Gasteiger partial charge in [-0.05, 0) is 32.4 Å². The first-order valence-corrected chi connectivity index (χ1v) is 7.55. The highest BCUT2D eigenvalue weighted by molar-refractivity contribution is 7.89. The van der Waals surface area contributed by atoms with E-state index in [1.165, 1.54) is 6.07 Å². The van der Waals surface area contributed by atoms with E-state index in [9.17, 15) is 8.42 Å². The van der Waals surface area contributed by atoms with Crippen molar-refractivity contribution in [2.45, 2.75) is 38.1 Å². The molecule has 0 fully saturated rings. The van der Waals surface area contributed by atoms with Crippen LogP contribution in [-0.2, 0) is 10.0 Å². The minimum Gasteiger partial charge on any atom is -0.396 e. The van der Waals surface area contributed by atoms with Crippen molar-refractivity contribution in [1.29, 1.82) is 0 Å². The number of hydrogen-bond donors (Lipinski definition) is 2. The van der Waals surface area contributed by atoms with Crippen molar-refractivity contribution < 1.29 is 8.42 Å². The Morgan fingerprint density at radius 1 is 1.33 bits per heavy atom. The number of sulfonamides is 1. The fourth-order valence-electron chi connectivity index (χ4n) is 1.97. The molecular weight excluding hydrogens is 250 g/mol. The van der Waals surface area contributed by atoms with Gasteiger partial charge < -0.3 is 10.6 Å². The van der Waals surface area contributed by atoms with Crippen LogP contribution in [0, 0.1) is 0 Å². The first kappa shape index (κ1) is 14.8. The molecule has 0 aromatic heterocycles. The summed E-state index contributed by atoms with van der Waals surface area (Å²) in [6.45, 7) is 6.92. The summed E-state index contributed by atoms with van der Waals surface area (Å²) in [6, 6.07) is 5.20. The summed E-state index contributed by atoms with van der Waals surface area (Å²) in [5, 5.41) is 5.15. The average Bonchev–Trinajstić information content (AvgIpc) is 2.30. The van der Waals surface area contributed by atoms with Crippen LogP contribution in [0.2, 0.25) is 0 Å². The highest BCUT2D eigenvalue weighted by Crippen LogP contribution is 2.30. The number of nitrogen functional groups attached to an aromatic ring is 1. The third-order valence-electron chi connectivity index (χ3n) is 3.12. The normalized spacial score (nSPS) is 13.3. The minimum absolute atomic E-state index is 0.0123. The standard InChI is InChI=1S/C12H21N3O2S/c1-4-9(3)15(5-2)10-7-6-8-11(12(10)13)18(14,16)17/h6-9H,4-5,13H2,1-3H3,(H2,14,16,17). The number of hydrogen-bond acceptors (Lipinski definition) is 4. The SMILES string of the molecule is CCC(C)N(CC)c1cccc(S(N)(=O)=O)c1N. The van der Waals surface area contributed by atoms with E-state index in [1.54, 1.807) is 6.07 Å². The molecule has 0 heterocycles. The molecule has 1 atom stereocenters. The number of benzene rings is 1. The first-order chi connectivity index (χ1) is 8.32. The van der Waals surface area contributed by atoms with Crippen molar-refractivity contribution in [3.8, 4) is 0 Å². The molecule has 0 amide bonds. The molecule has 1 aromatic rings. The molecule has 0 aliphatic rings. The van der Waals surface area contributed by atoms with Crippen LogP contribution in [0.25, 0.3) is 0 Å². The van der Waals surface area contributed by atoms with E-state index >= 15 is 0 Å². The summed E-state index contributed by atoms with van der Waals surface area (Å²) in [6.07, 6.45) is 0.951. The molecule has 4 N–H and O–H groups in total. The van der Waals surface area contributed by atoms with Crippen LogP contribution in [0.1, 0.15) is 27.2 Å². The van der Waals surface area contributed by atoms with E-state index in [-0.39, 0.29) is 16.6 Å². The Hall–Kier alpha value is -1.27. The van der Waals surface area contributed by atoms with Crippen molar-refractivity contribution in [1.82, 2.24) is 0 Å². The third-order valence-corrected chi connectivity index (χ3v) is 4.09. The molecule has 5 nitrogen and oxygen atoms in total. The van der Waals surface area contributed by atoms with Gasteiger partial charge in [-0.3, -0.25) is 0 Å².